The number of nitrogens with zero attached hydrogens (tertiary/aromatic N) is 3. The van der Waals surface area contributed by atoms with E-state index in [1.165, 1.54) is 7.11 Å². The van der Waals surface area contributed by atoms with Gasteiger partial charge in [0.25, 0.3) is 5.91 Å². The van der Waals surface area contributed by atoms with E-state index >= 15 is 0 Å². The van der Waals surface area contributed by atoms with Crippen LogP contribution in [0.2, 0.25) is 0 Å². The van der Waals surface area contributed by atoms with Crippen molar-refractivity contribution in [3.63, 3.8) is 0 Å². The average Bonchev–Trinajstić information content (AvgIpc) is 3.19. The number of fused-ring (bicyclic) bond motifs is 1. The highest BCUT2D eigenvalue weighted by atomic mass is 16.5. The summed E-state index contributed by atoms with van der Waals surface area (Å²) in [5.41, 5.74) is 9.62. The number of esters is 1. The molecule has 0 fully saturated rings. The number of imidazole rings is 1. The first-order valence-corrected chi connectivity index (χ1v) is 10.6. The van der Waals surface area contributed by atoms with Gasteiger partial charge in [-0.25, -0.2) is 14.8 Å². The number of amides is 1. The summed E-state index contributed by atoms with van der Waals surface area (Å²) in [6.45, 7) is 6.20. The number of aromatic nitrogens is 3. The van der Waals surface area contributed by atoms with Gasteiger partial charge >= 0.3 is 5.97 Å². The van der Waals surface area contributed by atoms with Crippen LogP contribution in [-0.4, -0.2) is 46.7 Å². The number of pyridine rings is 1. The summed E-state index contributed by atoms with van der Waals surface area (Å²) < 4.78 is 12.4. The predicted molar refractivity (Wildman–Crippen MR) is 121 cm³/mol. The Hall–Kier alpha value is -3.46. The fourth-order valence-corrected chi connectivity index (χ4v) is 3.48. The SMILES string of the molecule is CCOCc1nc2c(N)ncc(C)c2n1CCCCNC(=O)c1ccc(C(=O)OC)cc1. The Bertz CT molecular complexity index is 1090. The van der Waals surface area contributed by atoms with Crippen molar-refractivity contribution in [3.05, 3.63) is 53.0 Å². The first kappa shape index (κ1) is 23.2. The third-order valence-electron chi connectivity index (χ3n) is 5.16. The Balaban J connectivity index is 1.58. The monoisotopic (exact) mass is 439 g/mol. The average molecular weight is 440 g/mol. The molecule has 3 aromatic rings. The molecule has 0 bridgehead atoms. The van der Waals surface area contributed by atoms with E-state index in [1.54, 1.807) is 30.5 Å². The maximum absolute atomic E-state index is 12.3. The van der Waals surface area contributed by atoms with Crippen molar-refractivity contribution >= 4 is 28.7 Å². The minimum absolute atomic E-state index is 0.179. The molecule has 170 valence electrons. The lowest BCUT2D eigenvalue weighted by Gasteiger charge is -2.11. The molecule has 9 heteroatoms. The quantitative estimate of drug-likeness (QED) is 0.368. The topological polar surface area (TPSA) is 121 Å². The van der Waals surface area contributed by atoms with Crippen LogP contribution in [0.5, 0.6) is 0 Å². The maximum Gasteiger partial charge on any atom is 0.337 e. The molecule has 2 aromatic heterocycles. The van der Waals surface area contributed by atoms with Crippen LogP contribution in [0.15, 0.2) is 30.5 Å². The molecule has 2 heterocycles. The van der Waals surface area contributed by atoms with E-state index in [1.807, 2.05) is 13.8 Å². The standard InChI is InChI=1S/C23H29N5O4/c1-4-32-14-18-27-19-20(15(2)13-26-21(19)24)28(18)12-6-5-11-25-22(29)16-7-9-17(10-8-16)23(30)31-3/h7-10,13H,4-6,11-12,14H2,1-3H3,(H2,24,26)(H,25,29). The highest BCUT2D eigenvalue weighted by molar-refractivity contribution is 5.96. The van der Waals surface area contributed by atoms with Gasteiger partial charge in [0, 0.05) is 31.5 Å². The van der Waals surface area contributed by atoms with Gasteiger partial charge < -0.3 is 25.1 Å². The van der Waals surface area contributed by atoms with Crippen molar-refractivity contribution in [1.82, 2.24) is 19.9 Å². The van der Waals surface area contributed by atoms with Crippen molar-refractivity contribution < 1.29 is 19.1 Å². The second-order valence-electron chi connectivity index (χ2n) is 7.37. The Morgan fingerprint density at radius 1 is 1.16 bits per heavy atom. The molecule has 32 heavy (non-hydrogen) atoms. The van der Waals surface area contributed by atoms with Crippen molar-refractivity contribution in [2.75, 3.05) is 26.0 Å². The molecule has 3 rings (SSSR count). The zero-order valence-corrected chi connectivity index (χ0v) is 18.7. The van der Waals surface area contributed by atoms with E-state index in [9.17, 15) is 9.59 Å². The minimum Gasteiger partial charge on any atom is -0.465 e. The van der Waals surface area contributed by atoms with Crippen LogP contribution in [0.4, 0.5) is 5.82 Å². The van der Waals surface area contributed by atoms with Crippen molar-refractivity contribution in [1.29, 1.82) is 0 Å². The van der Waals surface area contributed by atoms with E-state index in [0.717, 1.165) is 36.3 Å². The number of carbonyl (C=O) groups excluding carboxylic acids is 2. The fourth-order valence-electron chi connectivity index (χ4n) is 3.48. The van der Waals surface area contributed by atoms with E-state index in [-0.39, 0.29) is 5.91 Å². The van der Waals surface area contributed by atoms with Gasteiger partial charge in [0.1, 0.15) is 17.9 Å². The summed E-state index contributed by atoms with van der Waals surface area (Å²) in [6, 6.07) is 6.38. The largest absolute Gasteiger partial charge is 0.465 e. The number of hydrogen-bond acceptors (Lipinski definition) is 7. The highest BCUT2D eigenvalue weighted by Crippen LogP contribution is 2.24. The van der Waals surface area contributed by atoms with Gasteiger partial charge in [0.2, 0.25) is 0 Å². The summed E-state index contributed by atoms with van der Waals surface area (Å²) in [6.07, 6.45) is 3.39. The van der Waals surface area contributed by atoms with Crippen LogP contribution in [0, 0.1) is 6.92 Å². The van der Waals surface area contributed by atoms with Gasteiger partial charge in [0.05, 0.1) is 18.2 Å². The molecule has 1 aromatic carbocycles. The number of hydrogen-bond donors (Lipinski definition) is 2. The molecule has 3 N–H and O–H groups in total. The molecular weight excluding hydrogens is 410 g/mol. The molecule has 0 aliphatic heterocycles. The number of ether oxygens (including phenoxy) is 2. The number of nitrogens with one attached hydrogen (secondary N) is 1. The Morgan fingerprint density at radius 2 is 1.88 bits per heavy atom. The summed E-state index contributed by atoms with van der Waals surface area (Å²) in [4.78, 5) is 32.7. The lowest BCUT2D eigenvalue weighted by Crippen LogP contribution is -2.24. The van der Waals surface area contributed by atoms with Gasteiger partial charge in [0.15, 0.2) is 5.82 Å². The van der Waals surface area contributed by atoms with Gasteiger partial charge in [-0.1, -0.05) is 0 Å². The molecule has 0 saturated carbocycles. The van der Waals surface area contributed by atoms with Crippen LogP contribution >= 0.6 is 0 Å². The molecule has 0 unspecified atom stereocenters. The minimum atomic E-state index is -0.430. The number of aryl methyl sites for hydroxylation is 2. The molecule has 1 amide bonds. The third-order valence-corrected chi connectivity index (χ3v) is 5.16. The highest BCUT2D eigenvalue weighted by Gasteiger charge is 2.16. The van der Waals surface area contributed by atoms with Crippen molar-refractivity contribution in [2.24, 2.45) is 0 Å². The lowest BCUT2D eigenvalue weighted by atomic mass is 10.1. The van der Waals surface area contributed by atoms with Crippen LogP contribution in [-0.2, 0) is 22.6 Å². The maximum atomic E-state index is 12.3. The Kier molecular flexibility index (Phi) is 7.77. The first-order valence-electron chi connectivity index (χ1n) is 10.6. The number of nitrogens with two attached hydrogens (primary N) is 1. The molecule has 9 nitrogen and oxygen atoms in total. The second-order valence-corrected chi connectivity index (χ2v) is 7.37. The Morgan fingerprint density at radius 3 is 2.56 bits per heavy atom. The summed E-state index contributed by atoms with van der Waals surface area (Å²) in [5, 5.41) is 2.91. The summed E-state index contributed by atoms with van der Waals surface area (Å²) >= 11 is 0. The zero-order chi connectivity index (χ0) is 23.1. The van der Waals surface area contributed by atoms with E-state index in [4.69, 9.17) is 10.5 Å². The van der Waals surface area contributed by atoms with Crippen LogP contribution in [0.25, 0.3) is 11.0 Å². The third kappa shape index (κ3) is 5.23. The van der Waals surface area contributed by atoms with Gasteiger partial charge in [-0.15, -0.1) is 0 Å². The Labute approximate surface area is 186 Å². The number of anilines is 1. The van der Waals surface area contributed by atoms with Crippen molar-refractivity contribution in [2.45, 2.75) is 39.8 Å². The second kappa shape index (κ2) is 10.7. The molecule has 0 saturated heterocycles. The number of methoxy groups -OCH3 is 1. The van der Waals surface area contributed by atoms with Crippen LogP contribution < -0.4 is 11.1 Å². The van der Waals surface area contributed by atoms with Crippen molar-refractivity contribution in [3.8, 4) is 0 Å². The normalized spacial score (nSPS) is 11.0. The number of nitrogen functional groups attached to an aromatic ring is 1. The summed E-state index contributed by atoms with van der Waals surface area (Å²) in [5.74, 6) is 0.619. The van der Waals surface area contributed by atoms with Crippen LogP contribution in [0.1, 0.15) is 51.9 Å². The predicted octanol–water partition coefficient (Wildman–Crippen LogP) is 2.86. The van der Waals surface area contributed by atoms with E-state index < -0.39 is 5.97 Å². The van der Waals surface area contributed by atoms with E-state index in [0.29, 0.717) is 42.2 Å². The van der Waals surface area contributed by atoms with Gasteiger partial charge in [-0.2, -0.15) is 0 Å². The molecular formula is C23H29N5O4. The molecule has 0 atom stereocenters. The lowest BCUT2D eigenvalue weighted by molar-refractivity contribution is 0.0600. The molecule has 0 aliphatic rings. The number of benzene rings is 1. The molecule has 0 aliphatic carbocycles. The van der Waals surface area contributed by atoms with Gasteiger partial charge in [-0.05, 0) is 56.5 Å². The first-order chi connectivity index (χ1) is 15.5. The molecule has 0 spiro atoms. The fraction of sp³-hybridized carbons (Fsp3) is 0.391. The summed E-state index contributed by atoms with van der Waals surface area (Å²) in [7, 11) is 1.32. The number of carbonyl (C=O) groups is 2. The van der Waals surface area contributed by atoms with E-state index in [2.05, 4.69) is 24.6 Å². The van der Waals surface area contributed by atoms with Gasteiger partial charge in [-0.3, -0.25) is 4.79 Å². The molecule has 0 radical (unpaired) electrons. The number of unbranched alkanes of at least 4 members (excludes halogenated alkanes) is 1. The number of rotatable bonds is 10. The zero-order valence-electron chi connectivity index (χ0n) is 18.7. The smallest absolute Gasteiger partial charge is 0.337 e. The van der Waals surface area contributed by atoms with Crippen LogP contribution in [0.3, 0.4) is 0 Å².